The molecule has 2 aromatic rings. The Labute approximate surface area is 165 Å². The van der Waals surface area contributed by atoms with Gasteiger partial charge < -0.3 is 14.8 Å². The Morgan fingerprint density at radius 3 is 2.21 bits per heavy atom. The summed E-state index contributed by atoms with van der Waals surface area (Å²) in [5.74, 6) is 0.241. The van der Waals surface area contributed by atoms with E-state index in [1.54, 1.807) is 6.92 Å². The zero-order valence-electron chi connectivity index (χ0n) is 16.6. The van der Waals surface area contributed by atoms with E-state index in [1.807, 2.05) is 24.3 Å². The molecule has 8 heteroatoms. The summed E-state index contributed by atoms with van der Waals surface area (Å²) in [6.45, 7) is 7.95. The largest absolute Gasteiger partial charge is 0.495 e. The number of carbonyl (C=O) groups is 1. The molecule has 2 aromatic carbocycles. The number of benzene rings is 2. The number of amides is 1. The molecule has 0 aliphatic rings. The number of carbonyl (C=O) groups excluding carboxylic acids is 1. The summed E-state index contributed by atoms with van der Waals surface area (Å²) >= 11 is 0. The molecule has 2 rings (SSSR count). The molecule has 1 amide bonds. The highest BCUT2D eigenvalue weighted by atomic mass is 32.2. The minimum absolute atomic E-state index is 0.0247. The minimum Gasteiger partial charge on any atom is -0.495 e. The van der Waals surface area contributed by atoms with Gasteiger partial charge in [-0.05, 0) is 48.2 Å². The number of primary sulfonamides is 1. The van der Waals surface area contributed by atoms with Crippen molar-refractivity contribution in [3.63, 3.8) is 0 Å². The van der Waals surface area contributed by atoms with E-state index in [0.29, 0.717) is 5.75 Å². The van der Waals surface area contributed by atoms with E-state index < -0.39 is 22.0 Å². The third-order valence-electron chi connectivity index (χ3n) is 4.14. The molecular weight excluding hydrogens is 380 g/mol. The van der Waals surface area contributed by atoms with Crippen LogP contribution in [0.2, 0.25) is 0 Å². The van der Waals surface area contributed by atoms with Gasteiger partial charge >= 0.3 is 0 Å². The molecule has 0 heterocycles. The fourth-order valence-corrected chi connectivity index (χ4v) is 3.23. The van der Waals surface area contributed by atoms with E-state index in [-0.39, 0.29) is 21.7 Å². The summed E-state index contributed by atoms with van der Waals surface area (Å²) in [4.78, 5) is 12.2. The van der Waals surface area contributed by atoms with Crippen molar-refractivity contribution in [2.45, 2.75) is 44.1 Å². The first kappa shape index (κ1) is 21.7. The van der Waals surface area contributed by atoms with Gasteiger partial charge in [-0.2, -0.15) is 0 Å². The Bertz CT molecular complexity index is 948. The van der Waals surface area contributed by atoms with Crippen LogP contribution in [0, 0.1) is 0 Å². The number of nitrogens with one attached hydrogen (secondary N) is 1. The molecule has 0 spiro atoms. The SMILES string of the molecule is COc1ccc(NC(=O)[C@H](C)Oc2ccc(C(C)(C)C)cc2)cc1S(N)(=O)=O. The Hall–Kier alpha value is -2.58. The molecule has 152 valence electrons. The topological polar surface area (TPSA) is 108 Å². The lowest BCUT2D eigenvalue weighted by Crippen LogP contribution is -2.30. The number of methoxy groups -OCH3 is 1. The normalized spacial score (nSPS) is 12.9. The number of rotatable bonds is 6. The van der Waals surface area contributed by atoms with Crippen molar-refractivity contribution in [1.82, 2.24) is 0 Å². The Morgan fingerprint density at radius 1 is 1.11 bits per heavy atom. The highest BCUT2D eigenvalue weighted by Crippen LogP contribution is 2.27. The van der Waals surface area contributed by atoms with Gasteiger partial charge in [-0.25, -0.2) is 13.6 Å². The number of ether oxygens (including phenoxy) is 2. The van der Waals surface area contributed by atoms with Crippen molar-refractivity contribution in [2.24, 2.45) is 5.14 Å². The van der Waals surface area contributed by atoms with Crippen molar-refractivity contribution in [3.05, 3.63) is 48.0 Å². The summed E-state index contributed by atoms with van der Waals surface area (Å²) in [5, 5.41) is 7.81. The van der Waals surface area contributed by atoms with Crippen LogP contribution in [0.25, 0.3) is 0 Å². The third kappa shape index (κ3) is 5.46. The summed E-state index contributed by atoms with van der Waals surface area (Å²) in [6, 6.07) is 11.7. The van der Waals surface area contributed by atoms with E-state index in [4.69, 9.17) is 14.6 Å². The van der Waals surface area contributed by atoms with Crippen molar-refractivity contribution < 1.29 is 22.7 Å². The first-order valence-electron chi connectivity index (χ1n) is 8.70. The number of sulfonamides is 1. The Kier molecular flexibility index (Phi) is 6.36. The van der Waals surface area contributed by atoms with Gasteiger partial charge in [0.05, 0.1) is 7.11 Å². The summed E-state index contributed by atoms with van der Waals surface area (Å²) in [6.07, 6.45) is -0.791. The van der Waals surface area contributed by atoms with Gasteiger partial charge in [0.1, 0.15) is 16.4 Å². The molecule has 0 saturated carbocycles. The molecule has 28 heavy (non-hydrogen) atoms. The smallest absolute Gasteiger partial charge is 0.265 e. The van der Waals surface area contributed by atoms with Crippen LogP contribution in [0.5, 0.6) is 11.5 Å². The quantitative estimate of drug-likeness (QED) is 0.767. The van der Waals surface area contributed by atoms with Gasteiger partial charge in [0.25, 0.3) is 5.91 Å². The van der Waals surface area contributed by atoms with E-state index >= 15 is 0 Å². The van der Waals surface area contributed by atoms with Crippen LogP contribution in [0.3, 0.4) is 0 Å². The molecule has 0 aromatic heterocycles. The second-order valence-corrected chi connectivity index (χ2v) is 8.96. The van der Waals surface area contributed by atoms with Gasteiger partial charge in [-0.3, -0.25) is 4.79 Å². The molecule has 0 unspecified atom stereocenters. The van der Waals surface area contributed by atoms with Gasteiger partial charge in [0, 0.05) is 5.69 Å². The maximum absolute atomic E-state index is 12.4. The lowest BCUT2D eigenvalue weighted by molar-refractivity contribution is -0.122. The monoisotopic (exact) mass is 406 g/mol. The molecule has 0 aliphatic heterocycles. The molecular formula is C20H26N2O5S. The summed E-state index contributed by atoms with van der Waals surface area (Å²) < 4.78 is 34.0. The van der Waals surface area contributed by atoms with Crippen LogP contribution in [0.15, 0.2) is 47.4 Å². The number of nitrogens with two attached hydrogens (primary N) is 1. The Balaban J connectivity index is 2.10. The van der Waals surface area contributed by atoms with Crippen LogP contribution in [0.4, 0.5) is 5.69 Å². The zero-order chi connectivity index (χ0) is 21.1. The predicted octanol–water partition coefficient (Wildman–Crippen LogP) is 3.05. The fourth-order valence-electron chi connectivity index (χ4n) is 2.51. The summed E-state index contributed by atoms with van der Waals surface area (Å²) in [5.41, 5.74) is 1.45. The molecule has 0 saturated heterocycles. The van der Waals surface area contributed by atoms with Crippen molar-refractivity contribution in [1.29, 1.82) is 0 Å². The van der Waals surface area contributed by atoms with Crippen molar-refractivity contribution in [2.75, 3.05) is 12.4 Å². The fraction of sp³-hybridized carbons (Fsp3) is 0.350. The first-order valence-corrected chi connectivity index (χ1v) is 10.3. The molecule has 1 atom stereocenters. The molecule has 0 aliphatic carbocycles. The van der Waals surface area contributed by atoms with Crippen LogP contribution in [-0.4, -0.2) is 27.5 Å². The minimum atomic E-state index is -4.00. The molecule has 0 radical (unpaired) electrons. The third-order valence-corrected chi connectivity index (χ3v) is 5.07. The van der Waals surface area contributed by atoms with Crippen LogP contribution in [0.1, 0.15) is 33.3 Å². The average Bonchev–Trinajstić information content (AvgIpc) is 2.60. The van der Waals surface area contributed by atoms with Gasteiger partial charge in [-0.1, -0.05) is 32.9 Å². The predicted molar refractivity (Wildman–Crippen MR) is 108 cm³/mol. The number of hydrogen-bond donors (Lipinski definition) is 2. The highest BCUT2D eigenvalue weighted by Gasteiger charge is 2.19. The van der Waals surface area contributed by atoms with Gasteiger partial charge in [-0.15, -0.1) is 0 Å². The average molecular weight is 407 g/mol. The van der Waals surface area contributed by atoms with Crippen LogP contribution >= 0.6 is 0 Å². The molecule has 0 bridgehead atoms. The maximum atomic E-state index is 12.4. The molecule has 7 nitrogen and oxygen atoms in total. The second kappa shape index (κ2) is 8.20. The first-order chi connectivity index (χ1) is 12.9. The van der Waals surface area contributed by atoms with Crippen LogP contribution < -0.4 is 19.9 Å². The standard InChI is InChI=1S/C20H26N2O5S/c1-13(27-16-9-6-14(7-10-16)20(2,3)4)19(23)22-15-8-11-17(26-5)18(12-15)28(21,24)25/h6-13H,1-5H3,(H,22,23)(H2,21,24,25)/t13-/m0/s1. The van der Waals surface area contributed by atoms with Crippen LogP contribution in [-0.2, 0) is 20.2 Å². The van der Waals surface area contributed by atoms with E-state index in [1.165, 1.54) is 25.3 Å². The second-order valence-electron chi connectivity index (χ2n) is 7.43. The van der Waals surface area contributed by atoms with Gasteiger partial charge in [0.2, 0.25) is 10.0 Å². The van der Waals surface area contributed by atoms with Crippen molar-refractivity contribution >= 4 is 21.6 Å². The molecule has 0 fully saturated rings. The number of hydrogen-bond acceptors (Lipinski definition) is 5. The lowest BCUT2D eigenvalue weighted by atomic mass is 9.87. The number of anilines is 1. The lowest BCUT2D eigenvalue weighted by Gasteiger charge is -2.20. The van der Waals surface area contributed by atoms with E-state index in [0.717, 1.165) is 5.56 Å². The highest BCUT2D eigenvalue weighted by molar-refractivity contribution is 7.89. The summed E-state index contributed by atoms with van der Waals surface area (Å²) in [7, 11) is -2.66. The van der Waals surface area contributed by atoms with Gasteiger partial charge in [0.15, 0.2) is 6.10 Å². The van der Waals surface area contributed by atoms with E-state index in [9.17, 15) is 13.2 Å². The van der Waals surface area contributed by atoms with E-state index in [2.05, 4.69) is 26.1 Å². The van der Waals surface area contributed by atoms with Crippen molar-refractivity contribution in [3.8, 4) is 11.5 Å². The maximum Gasteiger partial charge on any atom is 0.265 e. The Morgan fingerprint density at radius 2 is 1.71 bits per heavy atom. The zero-order valence-corrected chi connectivity index (χ0v) is 17.5. The molecule has 3 N–H and O–H groups in total.